The summed E-state index contributed by atoms with van der Waals surface area (Å²) < 4.78 is 22.5. The van der Waals surface area contributed by atoms with E-state index in [0.29, 0.717) is 12.5 Å². The van der Waals surface area contributed by atoms with Crippen molar-refractivity contribution in [3.05, 3.63) is 120 Å². The van der Waals surface area contributed by atoms with Gasteiger partial charge in [0.25, 0.3) is 0 Å². The predicted octanol–water partition coefficient (Wildman–Crippen LogP) is 13.2. The van der Waals surface area contributed by atoms with E-state index in [-0.39, 0.29) is 19.6 Å². The van der Waals surface area contributed by atoms with Crippen LogP contribution in [0, 0.1) is 13.8 Å². The van der Waals surface area contributed by atoms with Crippen LogP contribution in [0.15, 0.2) is 97.6 Å². The molecule has 1 amide bonds. The zero-order chi connectivity index (χ0) is 41.6. The van der Waals surface area contributed by atoms with Crippen LogP contribution in [-0.4, -0.2) is 52.2 Å². The number of nitrogens with zero attached hydrogens (tertiary/aromatic N) is 5. The lowest BCUT2D eigenvalue weighted by Gasteiger charge is -2.27. The van der Waals surface area contributed by atoms with Crippen LogP contribution in [0.4, 0.5) is 4.79 Å². The quantitative estimate of drug-likeness (QED) is 0.183. The van der Waals surface area contributed by atoms with Crippen molar-refractivity contribution >= 4 is 27.9 Å². The number of nitrogens with one attached hydrogen (secondary N) is 2. The van der Waals surface area contributed by atoms with E-state index in [0.717, 1.165) is 92.3 Å². The number of amides is 1. The standard InChI is InChI=1S/C34H36N6O3.C16H13NO.CH4/c1-34(2,3)43-33(41)40-15-6-9-26(40)32-36-19-25(38-32)22-11-13-29-30-23(22)14-16-39(30)27-17-21(10-12-28(27)42-29)24-18-35-31(37-24)20-7-4-5-8-20;1-10-3-5-14-13(9-10)17-8-7-12-11(2)4-6-15(18-14)16(12)17;/h10-14,16-20,26H,4-9,15H2,1-3H3,(H,35,37)(H,36,38);3-9H,1-2H3;1H4/t26-;;/m0../s1. The zero-order valence-corrected chi connectivity index (χ0v) is 35.2. The first-order valence-corrected chi connectivity index (χ1v) is 21.5. The maximum Gasteiger partial charge on any atom is 0.410 e. The first-order chi connectivity index (χ1) is 29.6. The van der Waals surface area contributed by atoms with Crippen molar-refractivity contribution in [2.75, 3.05) is 6.54 Å². The molecule has 2 N–H and O–H groups in total. The zero-order valence-electron chi connectivity index (χ0n) is 35.2. The van der Waals surface area contributed by atoms with Gasteiger partial charge in [-0.1, -0.05) is 32.4 Å². The number of ether oxygens (including phenoxy) is 3. The fraction of sp³-hybridized carbons (Fsp3) is 0.314. The number of carbonyl (C=O) groups excluding carboxylic acids is 1. The summed E-state index contributed by atoms with van der Waals surface area (Å²) in [5, 5.41) is 2.34. The van der Waals surface area contributed by atoms with E-state index in [4.69, 9.17) is 24.2 Å². The highest BCUT2D eigenvalue weighted by Crippen LogP contribution is 2.46. The molecule has 2 fully saturated rings. The normalized spacial score (nSPS) is 16.3. The van der Waals surface area contributed by atoms with Crippen LogP contribution in [0.25, 0.3) is 55.7 Å². The fourth-order valence-corrected chi connectivity index (χ4v) is 9.62. The second-order valence-corrected chi connectivity index (χ2v) is 17.9. The summed E-state index contributed by atoms with van der Waals surface area (Å²) in [6.45, 7) is 10.6. The number of aromatic nitrogens is 6. The summed E-state index contributed by atoms with van der Waals surface area (Å²) in [5.41, 5.74) is 10.4. The summed E-state index contributed by atoms with van der Waals surface area (Å²) in [6, 6.07) is 25.0. The maximum absolute atomic E-state index is 12.9. The van der Waals surface area contributed by atoms with Crippen molar-refractivity contribution in [1.82, 2.24) is 34.0 Å². The summed E-state index contributed by atoms with van der Waals surface area (Å²) >= 11 is 0. The van der Waals surface area contributed by atoms with Crippen LogP contribution >= 0.6 is 0 Å². The molecule has 1 atom stereocenters. The molecule has 0 spiro atoms. The highest BCUT2D eigenvalue weighted by molar-refractivity contribution is 6.00. The molecule has 1 saturated heterocycles. The Kier molecular flexibility index (Phi) is 9.53. The summed E-state index contributed by atoms with van der Waals surface area (Å²) in [7, 11) is 0. The third-order valence-corrected chi connectivity index (χ3v) is 12.6. The van der Waals surface area contributed by atoms with Gasteiger partial charge < -0.3 is 33.3 Å². The van der Waals surface area contributed by atoms with Gasteiger partial charge in [0.15, 0.2) is 23.0 Å². The lowest BCUT2D eigenvalue weighted by molar-refractivity contribution is 0.0218. The van der Waals surface area contributed by atoms with E-state index in [1.807, 2.05) is 51.4 Å². The van der Waals surface area contributed by atoms with Crippen LogP contribution in [0.2, 0.25) is 0 Å². The van der Waals surface area contributed by atoms with Gasteiger partial charge in [0, 0.05) is 46.8 Å². The first-order valence-electron chi connectivity index (χ1n) is 21.5. The van der Waals surface area contributed by atoms with E-state index >= 15 is 0 Å². The molecule has 3 aliphatic heterocycles. The molecule has 11 heteroatoms. The third kappa shape index (κ3) is 6.70. The Morgan fingerprint density at radius 3 is 2.10 bits per heavy atom. The third-order valence-electron chi connectivity index (χ3n) is 12.6. The minimum absolute atomic E-state index is 0. The van der Waals surface area contributed by atoms with Gasteiger partial charge in [0.2, 0.25) is 0 Å². The molecule has 62 heavy (non-hydrogen) atoms. The Bertz CT molecular complexity index is 3010. The molecular formula is C51H53N7O4. The fourth-order valence-electron chi connectivity index (χ4n) is 9.62. The summed E-state index contributed by atoms with van der Waals surface area (Å²) in [4.78, 5) is 31.3. The summed E-state index contributed by atoms with van der Waals surface area (Å²) in [6.07, 6.45) is 14.5. The van der Waals surface area contributed by atoms with Gasteiger partial charge in [-0.05, 0) is 132 Å². The molecule has 0 bridgehead atoms. The number of imidazole rings is 2. The second-order valence-electron chi connectivity index (χ2n) is 17.9. The molecule has 4 aromatic heterocycles. The SMILES string of the molecule is C.CC(C)(C)OC(=O)N1CCC[C@H]1c1ncc(-c2ccc3c4c2ccn4-c2cc(-c4cnc(C5CCCC5)[nH]4)ccc2O3)[nH]1.Cc1ccc2c(c1)-n1ccc3c(C)ccc(c31)O2. The van der Waals surface area contributed by atoms with Gasteiger partial charge in [-0.2, -0.15) is 0 Å². The molecular weight excluding hydrogens is 775 g/mol. The maximum atomic E-state index is 12.9. The lowest BCUT2D eigenvalue weighted by Crippen LogP contribution is -2.36. The molecule has 1 saturated carbocycles. The molecule has 4 aliphatic rings. The number of H-pyrrole nitrogens is 2. The Morgan fingerprint density at radius 2 is 1.34 bits per heavy atom. The topological polar surface area (TPSA) is 115 Å². The molecule has 1 aliphatic carbocycles. The number of hydrogen-bond donors (Lipinski definition) is 2. The van der Waals surface area contributed by atoms with Crippen molar-refractivity contribution in [3.8, 4) is 56.9 Å². The molecule has 316 valence electrons. The van der Waals surface area contributed by atoms with E-state index in [1.54, 1.807) is 4.90 Å². The van der Waals surface area contributed by atoms with Gasteiger partial charge in [-0.25, -0.2) is 14.8 Å². The van der Waals surface area contributed by atoms with Crippen molar-refractivity contribution in [1.29, 1.82) is 0 Å². The monoisotopic (exact) mass is 827 g/mol. The van der Waals surface area contributed by atoms with E-state index < -0.39 is 5.60 Å². The smallest absolute Gasteiger partial charge is 0.410 e. The van der Waals surface area contributed by atoms with Crippen LogP contribution in [0.5, 0.6) is 23.0 Å². The van der Waals surface area contributed by atoms with Crippen LogP contribution in [0.3, 0.4) is 0 Å². The van der Waals surface area contributed by atoms with Gasteiger partial charge in [0.1, 0.15) is 17.2 Å². The Morgan fingerprint density at radius 1 is 0.710 bits per heavy atom. The summed E-state index contributed by atoms with van der Waals surface area (Å²) in [5.74, 6) is 5.94. The van der Waals surface area contributed by atoms with Gasteiger partial charge in [-0.15, -0.1) is 0 Å². The van der Waals surface area contributed by atoms with Crippen molar-refractivity contribution in [2.24, 2.45) is 0 Å². The number of fused-ring (bicyclic) bond motifs is 4. The van der Waals surface area contributed by atoms with Crippen molar-refractivity contribution in [2.45, 2.75) is 98.1 Å². The van der Waals surface area contributed by atoms with Crippen LogP contribution in [-0.2, 0) is 4.74 Å². The van der Waals surface area contributed by atoms with Gasteiger partial charge >= 0.3 is 6.09 Å². The molecule has 0 radical (unpaired) electrons. The van der Waals surface area contributed by atoms with Crippen molar-refractivity contribution < 1.29 is 19.0 Å². The predicted molar refractivity (Wildman–Crippen MR) is 244 cm³/mol. The number of aromatic amines is 2. The number of hydrogen-bond acceptors (Lipinski definition) is 6. The second kappa shape index (κ2) is 15.0. The molecule has 0 unspecified atom stereocenters. The first kappa shape index (κ1) is 39.4. The minimum atomic E-state index is -0.539. The van der Waals surface area contributed by atoms with E-state index in [1.165, 1.54) is 47.7 Å². The molecule has 8 aromatic rings. The average Bonchev–Trinajstić information content (AvgIpc) is 4.09. The van der Waals surface area contributed by atoms with Crippen molar-refractivity contribution in [3.63, 3.8) is 0 Å². The van der Waals surface area contributed by atoms with Crippen LogP contribution < -0.4 is 9.47 Å². The number of carbonyl (C=O) groups is 1. The highest BCUT2D eigenvalue weighted by atomic mass is 16.6. The molecule has 12 rings (SSSR count). The van der Waals surface area contributed by atoms with E-state index in [9.17, 15) is 4.79 Å². The van der Waals surface area contributed by atoms with Gasteiger partial charge in [-0.3, -0.25) is 4.90 Å². The number of likely N-dealkylation sites (tertiary alicyclic amines) is 1. The average molecular weight is 828 g/mol. The minimum Gasteiger partial charge on any atom is -0.453 e. The molecule has 7 heterocycles. The Balaban J connectivity index is 0.000000201. The lowest BCUT2D eigenvalue weighted by atomic mass is 10.1. The Labute approximate surface area is 361 Å². The van der Waals surface area contributed by atoms with E-state index in [2.05, 4.69) is 99.9 Å². The molecule has 11 nitrogen and oxygen atoms in total. The number of benzene rings is 4. The molecule has 4 aromatic carbocycles. The number of rotatable bonds is 4. The highest BCUT2D eigenvalue weighted by Gasteiger charge is 2.35. The van der Waals surface area contributed by atoms with Crippen LogP contribution in [0.1, 0.15) is 101 Å². The Hall–Kier alpha value is -6.75. The van der Waals surface area contributed by atoms with Gasteiger partial charge in [0.05, 0.1) is 52.2 Å². The largest absolute Gasteiger partial charge is 0.453 e. The number of aryl methyl sites for hydroxylation is 2.